The summed E-state index contributed by atoms with van der Waals surface area (Å²) in [5.74, 6) is -1.88. The fourth-order valence-corrected chi connectivity index (χ4v) is 3.85. The Kier molecular flexibility index (Phi) is 5.33. The van der Waals surface area contributed by atoms with E-state index in [1.54, 1.807) is 17.6 Å². The topological polar surface area (TPSA) is 83.5 Å². The van der Waals surface area contributed by atoms with Crippen LogP contribution in [-0.2, 0) is 16.1 Å². The number of aromatic nitrogens is 1. The van der Waals surface area contributed by atoms with Gasteiger partial charge in [-0.1, -0.05) is 42.5 Å². The van der Waals surface area contributed by atoms with Gasteiger partial charge in [0.05, 0.1) is 25.1 Å². The number of pyridine rings is 1. The van der Waals surface area contributed by atoms with Gasteiger partial charge >= 0.3 is 5.97 Å². The summed E-state index contributed by atoms with van der Waals surface area (Å²) < 4.78 is 25.8. The molecule has 7 heteroatoms. The van der Waals surface area contributed by atoms with E-state index < -0.39 is 17.7 Å². The van der Waals surface area contributed by atoms with Crippen molar-refractivity contribution in [1.82, 2.24) is 4.57 Å². The molecule has 1 aliphatic rings. The van der Waals surface area contributed by atoms with E-state index in [4.69, 9.17) is 15.2 Å². The van der Waals surface area contributed by atoms with Gasteiger partial charge in [0.2, 0.25) is 5.88 Å². The highest BCUT2D eigenvalue weighted by molar-refractivity contribution is 5.92. The van der Waals surface area contributed by atoms with Crippen LogP contribution in [0.25, 0.3) is 0 Å². The van der Waals surface area contributed by atoms with Crippen LogP contribution in [0.2, 0.25) is 0 Å². The second-order valence-electron chi connectivity index (χ2n) is 7.30. The average Bonchev–Trinajstić information content (AvgIpc) is 2.76. The molecule has 6 nitrogen and oxygen atoms in total. The second kappa shape index (κ2) is 8.10. The quantitative estimate of drug-likeness (QED) is 0.656. The van der Waals surface area contributed by atoms with Crippen molar-refractivity contribution >= 4 is 5.97 Å². The molecule has 1 atom stereocenters. The molecule has 0 aliphatic carbocycles. The number of halogens is 1. The Hall–Kier alpha value is -3.87. The number of methoxy groups -OCH3 is 1. The van der Waals surface area contributed by atoms with E-state index in [2.05, 4.69) is 0 Å². The normalized spacial score (nSPS) is 15.3. The van der Waals surface area contributed by atoms with Crippen molar-refractivity contribution in [2.45, 2.75) is 19.4 Å². The lowest BCUT2D eigenvalue weighted by Gasteiger charge is -2.29. The molecule has 0 spiro atoms. The van der Waals surface area contributed by atoms with E-state index in [0.717, 1.165) is 5.56 Å². The molecule has 1 aliphatic heterocycles. The maximum absolute atomic E-state index is 13.6. The number of hydrogen-bond acceptors (Lipinski definition) is 5. The van der Waals surface area contributed by atoms with Gasteiger partial charge in [0.1, 0.15) is 17.1 Å². The van der Waals surface area contributed by atoms with Crippen molar-refractivity contribution in [3.05, 3.63) is 111 Å². The number of nitrogens with zero attached hydrogens (tertiary/aromatic N) is 1. The molecule has 0 saturated carbocycles. The molecule has 31 heavy (non-hydrogen) atoms. The lowest BCUT2D eigenvalue weighted by atomic mass is 9.83. The molecule has 4 rings (SSSR count). The number of aryl methyl sites for hydroxylation is 1. The number of carbonyl (C=O) groups is 1. The van der Waals surface area contributed by atoms with Gasteiger partial charge in [-0.05, 0) is 30.2 Å². The first-order valence-corrected chi connectivity index (χ1v) is 9.70. The molecule has 0 radical (unpaired) electrons. The fraction of sp³-hybridized carbons (Fsp3) is 0.167. The lowest BCUT2D eigenvalue weighted by molar-refractivity contribution is -0.136. The van der Waals surface area contributed by atoms with E-state index in [-0.39, 0.29) is 28.3 Å². The summed E-state index contributed by atoms with van der Waals surface area (Å²) in [4.78, 5) is 26.2. The Labute approximate surface area is 178 Å². The predicted octanol–water partition coefficient (Wildman–Crippen LogP) is 3.21. The summed E-state index contributed by atoms with van der Waals surface area (Å²) in [7, 11) is 1.22. The van der Waals surface area contributed by atoms with Crippen molar-refractivity contribution in [2.24, 2.45) is 5.73 Å². The molecule has 0 amide bonds. The van der Waals surface area contributed by atoms with E-state index in [1.807, 2.05) is 30.3 Å². The third kappa shape index (κ3) is 3.70. The molecule has 1 aromatic heterocycles. The molecular weight excluding hydrogens is 399 g/mol. The summed E-state index contributed by atoms with van der Waals surface area (Å²) in [5, 5.41) is 0. The van der Waals surface area contributed by atoms with E-state index >= 15 is 0 Å². The van der Waals surface area contributed by atoms with Gasteiger partial charge in [-0.2, -0.15) is 0 Å². The lowest BCUT2D eigenvalue weighted by Crippen LogP contribution is -2.35. The molecule has 158 valence electrons. The van der Waals surface area contributed by atoms with Crippen molar-refractivity contribution in [1.29, 1.82) is 0 Å². The van der Waals surface area contributed by atoms with Crippen LogP contribution in [-0.4, -0.2) is 17.6 Å². The number of hydrogen-bond donors (Lipinski definition) is 1. The van der Waals surface area contributed by atoms with Crippen LogP contribution in [0.4, 0.5) is 4.39 Å². The number of fused-ring (bicyclic) bond motifs is 1. The fourth-order valence-electron chi connectivity index (χ4n) is 3.85. The number of rotatable bonds is 4. The molecule has 2 heterocycles. The zero-order chi connectivity index (χ0) is 22.1. The van der Waals surface area contributed by atoms with Crippen molar-refractivity contribution in [3.63, 3.8) is 0 Å². The molecule has 0 saturated heterocycles. The summed E-state index contributed by atoms with van der Waals surface area (Å²) in [5.41, 5.74) is 8.17. The maximum atomic E-state index is 13.6. The Bertz CT molecular complexity index is 1230. The van der Waals surface area contributed by atoms with Crippen molar-refractivity contribution in [2.75, 3.05) is 7.11 Å². The summed E-state index contributed by atoms with van der Waals surface area (Å²) >= 11 is 0. The van der Waals surface area contributed by atoms with Gasteiger partial charge in [0.15, 0.2) is 0 Å². The molecular formula is C24H21FN2O4. The minimum atomic E-state index is -0.855. The van der Waals surface area contributed by atoms with Gasteiger partial charge in [-0.3, -0.25) is 4.79 Å². The van der Waals surface area contributed by atoms with Crippen LogP contribution in [0.15, 0.2) is 76.9 Å². The van der Waals surface area contributed by atoms with Gasteiger partial charge in [-0.15, -0.1) is 0 Å². The smallest absolute Gasteiger partial charge is 0.340 e. The zero-order valence-corrected chi connectivity index (χ0v) is 17.1. The highest BCUT2D eigenvalue weighted by atomic mass is 19.1. The summed E-state index contributed by atoms with van der Waals surface area (Å²) in [6.45, 7) is 2.15. The number of ether oxygens (including phenoxy) is 2. The first-order valence-electron chi connectivity index (χ1n) is 9.70. The number of nitrogens with two attached hydrogens (primary N) is 1. The highest BCUT2D eigenvalue weighted by Gasteiger charge is 2.38. The van der Waals surface area contributed by atoms with Gasteiger partial charge < -0.3 is 19.8 Å². The first-order chi connectivity index (χ1) is 14.9. The van der Waals surface area contributed by atoms with Crippen molar-refractivity contribution in [3.8, 4) is 5.75 Å². The Morgan fingerprint density at radius 3 is 2.48 bits per heavy atom. The Balaban J connectivity index is 1.94. The minimum Gasteiger partial charge on any atom is -0.465 e. The van der Waals surface area contributed by atoms with E-state index in [9.17, 15) is 14.0 Å². The Morgan fingerprint density at radius 2 is 1.84 bits per heavy atom. The SMILES string of the molecule is COC(=O)C1=C(N)Oc2cc(C)n(Cc3ccccc3)c(=O)c2C1c1ccc(F)cc1. The van der Waals surface area contributed by atoms with Crippen molar-refractivity contribution < 1.29 is 18.7 Å². The van der Waals surface area contributed by atoms with Gasteiger partial charge in [0, 0.05) is 11.8 Å². The summed E-state index contributed by atoms with van der Waals surface area (Å²) in [6, 6.07) is 16.9. The van der Waals surface area contributed by atoms with Crippen LogP contribution < -0.4 is 16.0 Å². The van der Waals surface area contributed by atoms with Crippen LogP contribution in [0.3, 0.4) is 0 Å². The van der Waals surface area contributed by atoms with Crippen LogP contribution in [0, 0.1) is 12.7 Å². The molecule has 0 bridgehead atoms. The highest BCUT2D eigenvalue weighted by Crippen LogP contribution is 2.41. The van der Waals surface area contributed by atoms with Crippen LogP contribution in [0.1, 0.15) is 28.3 Å². The Morgan fingerprint density at radius 1 is 1.16 bits per heavy atom. The number of carbonyl (C=O) groups excluding carboxylic acids is 1. The van der Waals surface area contributed by atoms with E-state index in [0.29, 0.717) is 17.8 Å². The van der Waals surface area contributed by atoms with Crippen LogP contribution in [0.5, 0.6) is 5.75 Å². The van der Waals surface area contributed by atoms with Gasteiger partial charge in [-0.25, -0.2) is 9.18 Å². The predicted molar refractivity (Wildman–Crippen MR) is 113 cm³/mol. The maximum Gasteiger partial charge on any atom is 0.340 e. The standard InChI is InChI=1S/C24H21FN2O4/c1-14-12-18-20(23(28)27(14)13-15-6-4-3-5-7-15)19(16-8-10-17(25)11-9-16)21(22(26)31-18)24(29)30-2/h3-12,19H,13,26H2,1-2H3. The largest absolute Gasteiger partial charge is 0.465 e. The monoisotopic (exact) mass is 420 g/mol. The minimum absolute atomic E-state index is 0.00817. The zero-order valence-electron chi connectivity index (χ0n) is 17.1. The second-order valence-corrected chi connectivity index (χ2v) is 7.30. The van der Waals surface area contributed by atoms with E-state index in [1.165, 1.54) is 31.4 Å². The average molecular weight is 420 g/mol. The summed E-state index contributed by atoms with van der Waals surface area (Å²) in [6.07, 6.45) is 0. The molecule has 2 N–H and O–H groups in total. The molecule has 1 unspecified atom stereocenters. The molecule has 2 aromatic carbocycles. The third-order valence-corrected chi connectivity index (χ3v) is 5.36. The number of esters is 1. The third-order valence-electron chi connectivity index (χ3n) is 5.36. The van der Waals surface area contributed by atoms with Gasteiger partial charge in [0.25, 0.3) is 5.56 Å². The first kappa shape index (κ1) is 20.4. The molecule has 3 aromatic rings. The molecule has 0 fully saturated rings. The van der Waals surface area contributed by atoms with Crippen LogP contribution >= 0.6 is 0 Å². The number of benzene rings is 2.